The summed E-state index contributed by atoms with van der Waals surface area (Å²) in [5.74, 6) is -0.908. The van der Waals surface area contributed by atoms with Gasteiger partial charge in [0.25, 0.3) is 11.5 Å². The van der Waals surface area contributed by atoms with Gasteiger partial charge in [0.1, 0.15) is 6.04 Å². The van der Waals surface area contributed by atoms with Crippen LogP contribution in [-0.4, -0.2) is 45.6 Å². The van der Waals surface area contributed by atoms with Crippen LogP contribution in [0.5, 0.6) is 0 Å². The third-order valence-corrected chi connectivity index (χ3v) is 4.71. The third-order valence-electron chi connectivity index (χ3n) is 4.71. The van der Waals surface area contributed by atoms with Crippen molar-refractivity contribution in [3.63, 3.8) is 0 Å². The van der Waals surface area contributed by atoms with E-state index in [0.29, 0.717) is 16.9 Å². The highest BCUT2D eigenvalue weighted by molar-refractivity contribution is 5.95. The van der Waals surface area contributed by atoms with E-state index in [1.54, 1.807) is 55.7 Å². The van der Waals surface area contributed by atoms with E-state index in [9.17, 15) is 19.2 Å². The number of rotatable bonds is 8. The molecule has 2 heterocycles. The molecule has 3 N–H and O–H groups in total. The zero-order valence-corrected chi connectivity index (χ0v) is 18.2. The Balaban J connectivity index is 1.52. The Bertz CT molecular complexity index is 1190. The smallest absolute Gasteiger partial charge is 0.267 e. The summed E-state index contributed by atoms with van der Waals surface area (Å²) in [6, 6.07) is 12.1. The standard InChI is InChI=1S/C23H24N6O4/c1-15(29-21(31)10-9-20(28-29)18-4-3-11-24-14-18)22(32)25-12-13-26-23(33)17-5-7-19(8-6-17)27-16(2)30/h3-11,14-15H,12-13H2,1-2H3,(H,25,32)(H,26,33)(H,27,30). The number of hydrogen-bond acceptors (Lipinski definition) is 6. The molecular formula is C23H24N6O4. The second-order valence-electron chi connectivity index (χ2n) is 7.22. The highest BCUT2D eigenvalue weighted by Gasteiger charge is 2.18. The summed E-state index contributed by atoms with van der Waals surface area (Å²) in [5, 5.41) is 12.3. The van der Waals surface area contributed by atoms with Crippen LogP contribution < -0.4 is 21.5 Å². The minimum absolute atomic E-state index is 0.177. The molecule has 0 bridgehead atoms. The molecular weight excluding hydrogens is 424 g/mol. The van der Waals surface area contributed by atoms with E-state index in [1.165, 1.54) is 13.0 Å². The normalized spacial score (nSPS) is 11.3. The summed E-state index contributed by atoms with van der Waals surface area (Å²) in [6.45, 7) is 3.35. The fourth-order valence-corrected chi connectivity index (χ4v) is 3.00. The molecule has 1 atom stereocenters. The summed E-state index contributed by atoms with van der Waals surface area (Å²) in [6.07, 6.45) is 3.26. The van der Waals surface area contributed by atoms with Crippen molar-refractivity contribution in [3.8, 4) is 11.3 Å². The lowest BCUT2D eigenvalue weighted by Gasteiger charge is -2.15. The maximum absolute atomic E-state index is 12.5. The van der Waals surface area contributed by atoms with Crippen LogP contribution in [0.25, 0.3) is 11.3 Å². The van der Waals surface area contributed by atoms with Gasteiger partial charge in [0.05, 0.1) is 5.69 Å². The van der Waals surface area contributed by atoms with Crippen LogP contribution in [0.4, 0.5) is 5.69 Å². The van der Waals surface area contributed by atoms with Gasteiger partial charge in [0.2, 0.25) is 11.8 Å². The molecule has 0 spiro atoms. The van der Waals surface area contributed by atoms with Crippen molar-refractivity contribution in [3.05, 3.63) is 76.8 Å². The minimum atomic E-state index is -0.842. The van der Waals surface area contributed by atoms with Crippen molar-refractivity contribution in [1.29, 1.82) is 0 Å². The topological polar surface area (TPSA) is 135 Å². The Kier molecular flexibility index (Phi) is 7.64. The number of hydrogen-bond donors (Lipinski definition) is 3. The first kappa shape index (κ1) is 23.3. The molecule has 10 heteroatoms. The van der Waals surface area contributed by atoms with E-state index in [4.69, 9.17) is 0 Å². The number of nitrogens with one attached hydrogen (secondary N) is 3. The number of pyridine rings is 1. The first-order valence-electron chi connectivity index (χ1n) is 10.3. The lowest BCUT2D eigenvalue weighted by atomic mass is 10.2. The molecule has 0 saturated heterocycles. The van der Waals surface area contributed by atoms with Crippen molar-refractivity contribution >= 4 is 23.4 Å². The number of carbonyl (C=O) groups is 3. The number of amides is 3. The fourth-order valence-electron chi connectivity index (χ4n) is 3.00. The molecule has 3 rings (SSSR count). The largest absolute Gasteiger partial charge is 0.352 e. The van der Waals surface area contributed by atoms with Gasteiger partial charge in [-0.2, -0.15) is 5.10 Å². The van der Waals surface area contributed by atoms with Crippen LogP contribution >= 0.6 is 0 Å². The molecule has 3 aromatic rings. The number of benzene rings is 1. The molecule has 0 aliphatic carbocycles. The van der Waals surface area contributed by atoms with Gasteiger partial charge in [-0.3, -0.25) is 24.2 Å². The third kappa shape index (κ3) is 6.33. The molecule has 0 fully saturated rings. The van der Waals surface area contributed by atoms with E-state index in [2.05, 4.69) is 26.0 Å². The molecule has 1 unspecified atom stereocenters. The summed E-state index contributed by atoms with van der Waals surface area (Å²) >= 11 is 0. The van der Waals surface area contributed by atoms with Crippen molar-refractivity contribution in [1.82, 2.24) is 25.4 Å². The summed E-state index contributed by atoms with van der Waals surface area (Å²) < 4.78 is 1.12. The molecule has 1 aromatic carbocycles. The van der Waals surface area contributed by atoms with Gasteiger partial charge in [-0.25, -0.2) is 4.68 Å². The SMILES string of the molecule is CC(=O)Nc1ccc(C(=O)NCCNC(=O)C(C)n2nc(-c3cccnc3)ccc2=O)cc1. The maximum atomic E-state index is 12.5. The van der Waals surface area contributed by atoms with Crippen LogP contribution in [0, 0.1) is 0 Å². The van der Waals surface area contributed by atoms with Gasteiger partial charge in [-0.15, -0.1) is 0 Å². The number of nitrogens with zero attached hydrogens (tertiary/aromatic N) is 3. The molecule has 10 nitrogen and oxygen atoms in total. The van der Waals surface area contributed by atoms with Crippen LogP contribution in [0.2, 0.25) is 0 Å². The highest BCUT2D eigenvalue weighted by Crippen LogP contribution is 2.14. The van der Waals surface area contributed by atoms with Crippen molar-refractivity contribution < 1.29 is 14.4 Å². The first-order valence-corrected chi connectivity index (χ1v) is 10.3. The van der Waals surface area contributed by atoms with Crippen LogP contribution in [0.3, 0.4) is 0 Å². The minimum Gasteiger partial charge on any atom is -0.352 e. The summed E-state index contributed by atoms with van der Waals surface area (Å²) in [7, 11) is 0. The van der Waals surface area contributed by atoms with Gasteiger partial charge in [-0.1, -0.05) is 0 Å². The van der Waals surface area contributed by atoms with E-state index in [1.807, 2.05) is 6.07 Å². The first-order chi connectivity index (χ1) is 15.8. The molecule has 170 valence electrons. The van der Waals surface area contributed by atoms with Crippen molar-refractivity contribution in [2.75, 3.05) is 18.4 Å². The lowest BCUT2D eigenvalue weighted by Crippen LogP contribution is -2.40. The number of carbonyl (C=O) groups excluding carboxylic acids is 3. The van der Waals surface area contributed by atoms with Gasteiger partial charge < -0.3 is 16.0 Å². The Morgan fingerprint density at radius 1 is 1.00 bits per heavy atom. The van der Waals surface area contributed by atoms with Crippen molar-refractivity contribution in [2.24, 2.45) is 0 Å². The Morgan fingerprint density at radius 3 is 2.39 bits per heavy atom. The van der Waals surface area contributed by atoms with E-state index < -0.39 is 17.5 Å². The van der Waals surface area contributed by atoms with Gasteiger partial charge in [0, 0.05) is 55.3 Å². The zero-order chi connectivity index (χ0) is 23.8. The van der Waals surface area contributed by atoms with Crippen LogP contribution in [0.15, 0.2) is 65.7 Å². The Hall–Kier alpha value is -4.34. The van der Waals surface area contributed by atoms with Crippen molar-refractivity contribution in [2.45, 2.75) is 19.9 Å². The van der Waals surface area contributed by atoms with Gasteiger partial charge >= 0.3 is 0 Å². The Labute approximate surface area is 190 Å². The zero-order valence-electron chi connectivity index (χ0n) is 18.2. The predicted molar refractivity (Wildman–Crippen MR) is 123 cm³/mol. The molecule has 0 aliphatic heterocycles. The molecule has 2 aromatic heterocycles. The molecule has 0 aliphatic rings. The fraction of sp³-hybridized carbons (Fsp3) is 0.217. The van der Waals surface area contributed by atoms with E-state index >= 15 is 0 Å². The average molecular weight is 448 g/mol. The molecule has 3 amide bonds. The maximum Gasteiger partial charge on any atom is 0.267 e. The Morgan fingerprint density at radius 2 is 1.73 bits per heavy atom. The molecule has 33 heavy (non-hydrogen) atoms. The molecule has 0 radical (unpaired) electrons. The average Bonchev–Trinajstić information content (AvgIpc) is 2.82. The predicted octanol–water partition coefficient (Wildman–Crippen LogP) is 1.37. The second-order valence-corrected chi connectivity index (χ2v) is 7.22. The summed E-state index contributed by atoms with van der Waals surface area (Å²) in [4.78, 5) is 52.1. The van der Waals surface area contributed by atoms with Crippen LogP contribution in [0.1, 0.15) is 30.2 Å². The van der Waals surface area contributed by atoms with Gasteiger partial charge in [0.15, 0.2) is 0 Å². The monoisotopic (exact) mass is 448 g/mol. The molecule has 0 saturated carbocycles. The lowest BCUT2D eigenvalue weighted by molar-refractivity contribution is -0.124. The highest BCUT2D eigenvalue weighted by atomic mass is 16.2. The van der Waals surface area contributed by atoms with E-state index in [-0.39, 0.29) is 24.9 Å². The number of aromatic nitrogens is 3. The number of anilines is 1. The summed E-state index contributed by atoms with van der Waals surface area (Å²) in [5.41, 5.74) is 1.87. The van der Waals surface area contributed by atoms with Gasteiger partial charge in [-0.05, 0) is 49.4 Å². The quantitative estimate of drug-likeness (QED) is 0.446. The van der Waals surface area contributed by atoms with Crippen LogP contribution in [-0.2, 0) is 9.59 Å². The second kappa shape index (κ2) is 10.8. The van der Waals surface area contributed by atoms with E-state index in [0.717, 1.165) is 10.2 Å².